The van der Waals surface area contributed by atoms with Crippen LogP contribution in [0.1, 0.15) is 20.3 Å². The maximum Gasteiger partial charge on any atom is 0.307 e. The number of carboxylic acid groups (broad SMARTS) is 1. The predicted molar refractivity (Wildman–Crippen MR) is 86.5 cm³/mol. The van der Waals surface area contributed by atoms with Crippen LogP contribution >= 0.6 is 15.9 Å². The molecule has 1 aromatic carbocycles. The van der Waals surface area contributed by atoms with E-state index in [1.165, 1.54) is 19.2 Å². The molecule has 0 radical (unpaired) electrons. The Morgan fingerprint density at radius 1 is 1.41 bits per heavy atom. The Balaban J connectivity index is 2.96. The monoisotopic (exact) mass is 393 g/mol. The van der Waals surface area contributed by atoms with E-state index in [-0.39, 0.29) is 23.1 Å². The van der Waals surface area contributed by atoms with Gasteiger partial charge in [-0.2, -0.15) is 0 Å². The lowest BCUT2D eigenvalue weighted by atomic mass is 9.98. The third kappa shape index (κ3) is 5.26. The van der Waals surface area contributed by atoms with Crippen LogP contribution in [-0.2, 0) is 14.8 Å². The zero-order valence-corrected chi connectivity index (χ0v) is 15.1. The smallest absolute Gasteiger partial charge is 0.307 e. The van der Waals surface area contributed by atoms with Crippen LogP contribution in [0.5, 0.6) is 5.75 Å². The molecule has 0 fully saturated rings. The first-order valence-electron chi connectivity index (χ1n) is 6.73. The summed E-state index contributed by atoms with van der Waals surface area (Å²) in [7, 11) is -2.48. The highest BCUT2D eigenvalue weighted by Crippen LogP contribution is 2.27. The minimum atomic E-state index is -3.86. The minimum absolute atomic E-state index is 0.0296. The fraction of sp³-hybridized carbons (Fsp3) is 0.500. The number of aliphatic carboxylic acids is 1. The normalized spacial score (nSPS) is 13.1. The number of sulfonamides is 1. The summed E-state index contributed by atoms with van der Waals surface area (Å²) in [6.07, 6.45) is 0.396. The molecule has 6 nitrogen and oxygen atoms in total. The van der Waals surface area contributed by atoms with Crippen molar-refractivity contribution in [1.82, 2.24) is 4.72 Å². The fourth-order valence-electron chi connectivity index (χ4n) is 1.99. The topological polar surface area (TPSA) is 92.7 Å². The van der Waals surface area contributed by atoms with E-state index in [1.807, 2.05) is 13.8 Å². The van der Waals surface area contributed by atoms with E-state index >= 15 is 0 Å². The first kappa shape index (κ1) is 18.9. The second kappa shape index (κ2) is 7.94. The molecular formula is C14H20BrNO5S. The van der Waals surface area contributed by atoms with Crippen molar-refractivity contribution >= 4 is 31.9 Å². The van der Waals surface area contributed by atoms with Crippen LogP contribution in [0.4, 0.5) is 0 Å². The lowest BCUT2D eigenvalue weighted by Crippen LogP contribution is -2.33. The number of hydrogen-bond acceptors (Lipinski definition) is 4. The van der Waals surface area contributed by atoms with Crippen molar-refractivity contribution in [1.29, 1.82) is 0 Å². The van der Waals surface area contributed by atoms with Gasteiger partial charge in [-0.3, -0.25) is 4.79 Å². The molecule has 1 unspecified atom stereocenters. The van der Waals surface area contributed by atoms with Crippen molar-refractivity contribution < 1.29 is 23.1 Å². The van der Waals surface area contributed by atoms with Crippen molar-refractivity contribution in [2.24, 2.45) is 11.8 Å². The van der Waals surface area contributed by atoms with Crippen LogP contribution in [0.25, 0.3) is 0 Å². The van der Waals surface area contributed by atoms with Crippen molar-refractivity contribution in [3.8, 4) is 5.75 Å². The number of rotatable bonds is 8. The number of methoxy groups -OCH3 is 1. The molecule has 124 valence electrons. The van der Waals surface area contributed by atoms with Crippen LogP contribution in [0.2, 0.25) is 0 Å². The second-order valence-corrected chi connectivity index (χ2v) is 7.96. The number of hydrogen-bond donors (Lipinski definition) is 2. The molecule has 2 N–H and O–H groups in total. The average molecular weight is 394 g/mol. The van der Waals surface area contributed by atoms with Gasteiger partial charge in [-0.05, 0) is 30.5 Å². The van der Waals surface area contributed by atoms with Crippen molar-refractivity contribution in [2.45, 2.75) is 25.2 Å². The summed E-state index contributed by atoms with van der Waals surface area (Å²) in [6.45, 7) is 3.62. The SMILES string of the molecule is COc1ccc(Br)cc1S(=O)(=O)NCC(CC(C)C)C(=O)O. The Hall–Kier alpha value is -1.12. The van der Waals surface area contributed by atoms with E-state index in [2.05, 4.69) is 20.7 Å². The Labute approximate surface area is 139 Å². The molecule has 1 aromatic rings. The molecule has 22 heavy (non-hydrogen) atoms. The Morgan fingerprint density at radius 2 is 2.05 bits per heavy atom. The first-order valence-corrected chi connectivity index (χ1v) is 9.01. The summed E-state index contributed by atoms with van der Waals surface area (Å²) in [4.78, 5) is 11.2. The summed E-state index contributed by atoms with van der Waals surface area (Å²) >= 11 is 3.21. The van der Waals surface area contributed by atoms with Crippen LogP contribution in [0, 0.1) is 11.8 Å². The third-order valence-corrected chi connectivity index (χ3v) is 4.98. The number of nitrogens with one attached hydrogen (secondary N) is 1. The van der Waals surface area contributed by atoms with Crippen LogP contribution in [-0.4, -0.2) is 33.1 Å². The van der Waals surface area contributed by atoms with Gasteiger partial charge in [0.1, 0.15) is 10.6 Å². The zero-order chi connectivity index (χ0) is 16.9. The lowest BCUT2D eigenvalue weighted by molar-refractivity contribution is -0.142. The maximum atomic E-state index is 12.4. The van der Waals surface area contributed by atoms with Crippen molar-refractivity contribution in [3.63, 3.8) is 0 Å². The molecule has 0 aromatic heterocycles. The molecule has 1 atom stereocenters. The van der Waals surface area contributed by atoms with Gasteiger partial charge in [-0.25, -0.2) is 13.1 Å². The van der Waals surface area contributed by atoms with E-state index in [0.717, 1.165) is 0 Å². The highest BCUT2D eigenvalue weighted by atomic mass is 79.9. The van der Waals surface area contributed by atoms with Crippen LogP contribution in [0.3, 0.4) is 0 Å². The van der Waals surface area contributed by atoms with E-state index in [0.29, 0.717) is 10.9 Å². The van der Waals surface area contributed by atoms with Gasteiger partial charge < -0.3 is 9.84 Å². The molecule has 0 heterocycles. The minimum Gasteiger partial charge on any atom is -0.495 e. The fourth-order valence-corrected chi connectivity index (χ4v) is 3.78. The van der Waals surface area contributed by atoms with Gasteiger partial charge in [-0.1, -0.05) is 29.8 Å². The Bertz CT molecular complexity index is 630. The highest BCUT2D eigenvalue weighted by molar-refractivity contribution is 9.10. The summed E-state index contributed by atoms with van der Waals surface area (Å²) in [5.74, 6) is -1.43. The lowest BCUT2D eigenvalue weighted by Gasteiger charge is -2.16. The van der Waals surface area contributed by atoms with Crippen molar-refractivity contribution in [3.05, 3.63) is 22.7 Å². The zero-order valence-electron chi connectivity index (χ0n) is 12.7. The molecule has 0 saturated carbocycles. The van der Waals surface area contributed by atoms with Crippen LogP contribution in [0.15, 0.2) is 27.6 Å². The van der Waals surface area contributed by atoms with E-state index in [1.54, 1.807) is 6.07 Å². The molecule has 1 rings (SSSR count). The number of carbonyl (C=O) groups is 1. The molecule has 0 amide bonds. The van der Waals surface area contributed by atoms with Gasteiger partial charge in [0.05, 0.1) is 13.0 Å². The number of benzene rings is 1. The summed E-state index contributed by atoms with van der Waals surface area (Å²) in [5, 5.41) is 9.17. The van der Waals surface area contributed by atoms with Crippen LogP contribution < -0.4 is 9.46 Å². The quantitative estimate of drug-likeness (QED) is 0.707. The Morgan fingerprint density at radius 3 is 2.55 bits per heavy atom. The predicted octanol–water partition coefficient (Wildman–Crippen LogP) is 2.48. The first-order chi connectivity index (χ1) is 10.2. The standard InChI is InChI=1S/C14H20BrNO5S/c1-9(2)6-10(14(17)18)8-16-22(19,20)13-7-11(15)4-5-12(13)21-3/h4-5,7,9-10,16H,6,8H2,1-3H3,(H,17,18). The number of ether oxygens (including phenoxy) is 1. The molecule has 0 saturated heterocycles. The average Bonchev–Trinajstić information content (AvgIpc) is 2.42. The van der Waals surface area contributed by atoms with E-state index < -0.39 is 21.9 Å². The van der Waals surface area contributed by atoms with Crippen molar-refractivity contribution in [2.75, 3.05) is 13.7 Å². The van der Waals surface area contributed by atoms with E-state index in [4.69, 9.17) is 9.84 Å². The molecule has 0 aliphatic heterocycles. The summed E-state index contributed by atoms with van der Waals surface area (Å²) in [5.41, 5.74) is 0. The molecule has 0 bridgehead atoms. The molecule has 8 heteroatoms. The third-order valence-electron chi connectivity index (χ3n) is 3.04. The molecular weight excluding hydrogens is 374 g/mol. The molecule has 0 spiro atoms. The van der Waals surface area contributed by atoms with E-state index in [9.17, 15) is 13.2 Å². The highest BCUT2D eigenvalue weighted by Gasteiger charge is 2.24. The van der Waals surface area contributed by atoms with Gasteiger partial charge >= 0.3 is 5.97 Å². The number of carboxylic acids is 1. The number of halogens is 1. The van der Waals surface area contributed by atoms with Gasteiger partial charge in [0, 0.05) is 11.0 Å². The second-order valence-electron chi connectivity index (χ2n) is 5.31. The summed E-state index contributed by atoms with van der Waals surface area (Å²) in [6, 6.07) is 4.61. The maximum absolute atomic E-state index is 12.4. The Kier molecular flexibility index (Phi) is 6.83. The molecule has 0 aliphatic carbocycles. The van der Waals surface area contributed by atoms with Gasteiger partial charge in [0.15, 0.2) is 0 Å². The largest absolute Gasteiger partial charge is 0.495 e. The van der Waals surface area contributed by atoms with Gasteiger partial charge in [-0.15, -0.1) is 0 Å². The summed E-state index contributed by atoms with van der Waals surface area (Å²) < 4.78 is 32.7. The van der Waals surface area contributed by atoms with Gasteiger partial charge in [0.25, 0.3) is 0 Å². The molecule has 0 aliphatic rings. The van der Waals surface area contributed by atoms with Gasteiger partial charge in [0.2, 0.25) is 10.0 Å².